The molecule has 0 fully saturated rings. The second kappa shape index (κ2) is 5.31. The highest BCUT2D eigenvalue weighted by Gasteiger charge is 2.07. The number of H-pyrrole nitrogens is 1. The Balaban J connectivity index is 2.09. The summed E-state index contributed by atoms with van der Waals surface area (Å²) >= 11 is 6.35. The van der Waals surface area contributed by atoms with Crippen LogP contribution >= 0.6 is 11.6 Å². The van der Waals surface area contributed by atoms with Crippen LogP contribution in [-0.2, 0) is 6.54 Å². The molecule has 20 heavy (non-hydrogen) atoms. The van der Waals surface area contributed by atoms with Crippen LogP contribution < -0.4 is 5.32 Å². The van der Waals surface area contributed by atoms with Crippen molar-refractivity contribution < 1.29 is 0 Å². The molecule has 102 valence electrons. The predicted molar refractivity (Wildman–Crippen MR) is 86.2 cm³/mol. The Kier molecular flexibility index (Phi) is 3.51. The fraction of sp³-hybridized carbons (Fsp3) is 0.176. The maximum atomic E-state index is 6.35. The third kappa shape index (κ3) is 2.33. The van der Waals surface area contributed by atoms with Crippen molar-refractivity contribution in [3.8, 4) is 11.1 Å². The molecule has 0 atom stereocenters. The van der Waals surface area contributed by atoms with E-state index in [0.717, 1.165) is 28.2 Å². The highest BCUT2D eigenvalue weighted by atomic mass is 35.5. The molecule has 3 aromatic rings. The van der Waals surface area contributed by atoms with Gasteiger partial charge in [-0.3, -0.25) is 0 Å². The van der Waals surface area contributed by atoms with Crippen molar-refractivity contribution in [1.29, 1.82) is 0 Å². The summed E-state index contributed by atoms with van der Waals surface area (Å²) in [5, 5.41) is 5.24. The van der Waals surface area contributed by atoms with Crippen molar-refractivity contribution in [2.24, 2.45) is 0 Å². The number of hydrogen-bond acceptors (Lipinski definition) is 1. The SMILES string of the molecule is CNCc1c[nH]c2cc(-c3ccc(C)cc3Cl)ccc12. The second-order valence-electron chi connectivity index (χ2n) is 5.09. The van der Waals surface area contributed by atoms with Crippen LogP contribution in [0.1, 0.15) is 11.1 Å². The summed E-state index contributed by atoms with van der Waals surface area (Å²) in [6, 6.07) is 12.6. The summed E-state index contributed by atoms with van der Waals surface area (Å²) in [5.41, 5.74) is 5.81. The summed E-state index contributed by atoms with van der Waals surface area (Å²) in [5.74, 6) is 0. The molecule has 0 aliphatic carbocycles. The lowest BCUT2D eigenvalue weighted by molar-refractivity contribution is 0.823. The summed E-state index contributed by atoms with van der Waals surface area (Å²) in [6.45, 7) is 2.92. The number of aromatic amines is 1. The van der Waals surface area contributed by atoms with Gasteiger partial charge in [0.05, 0.1) is 0 Å². The summed E-state index contributed by atoms with van der Waals surface area (Å²) < 4.78 is 0. The standard InChI is InChI=1S/C17H17ClN2/c1-11-3-5-14(16(18)7-11)12-4-6-15-13(9-19-2)10-20-17(15)8-12/h3-8,10,19-20H,9H2,1-2H3. The maximum absolute atomic E-state index is 6.35. The van der Waals surface area contributed by atoms with E-state index in [-0.39, 0.29) is 0 Å². The zero-order chi connectivity index (χ0) is 14.1. The van der Waals surface area contributed by atoms with Gasteiger partial charge in [0, 0.05) is 34.2 Å². The van der Waals surface area contributed by atoms with Gasteiger partial charge in [0.1, 0.15) is 0 Å². The van der Waals surface area contributed by atoms with Gasteiger partial charge in [-0.2, -0.15) is 0 Å². The van der Waals surface area contributed by atoms with Crippen LogP contribution in [0.4, 0.5) is 0 Å². The first kappa shape index (κ1) is 13.2. The van der Waals surface area contributed by atoms with Crippen LogP contribution in [0, 0.1) is 6.92 Å². The summed E-state index contributed by atoms with van der Waals surface area (Å²) in [7, 11) is 1.96. The zero-order valence-electron chi connectivity index (χ0n) is 11.6. The Morgan fingerprint density at radius 2 is 2.00 bits per heavy atom. The fourth-order valence-electron chi connectivity index (χ4n) is 2.54. The highest BCUT2D eigenvalue weighted by molar-refractivity contribution is 6.33. The number of aryl methyl sites for hydroxylation is 1. The Labute approximate surface area is 123 Å². The maximum Gasteiger partial charge on any atom is 0.0487 e. The van der Waals surface area contributed by atoms with Crippen molar-refractivity contribution >= 4 is 22.5 Å². The summed E-state index contributed by atoms with van der Waals surface area (Å²) in [4.78, 5) is 3.33. The molecule has 3 heteroatoms. The third-order valence-electron chi connectivity index (χ3n) is 3.57. The molecular weight excluding hydrogens is 268 g/mol. The lowest BCUT2D eigenvalue weighted by Crippen LogP contribution is -2.03. The number of hydrogen-bond donors (Lipinski definition) is 2. The Bertz CT molecular complexity index is 759. The molecule has 2 nitrogen and oxygen atoms in total. The monoisotopic (exact) mass is 284 g/mol. The van der Waals surface area contributed by atoms with E-state index in [2.05, 4.69) is 46.8 Å². The first-order chi connectivity index (χ1) is 9.69. The lowest BCUT2D eigenvalue weighted by Gasteiger charge is -2.06. The average molecular weight is 285 g/mol. The molecule has 0 saturated carbocycles. The van der Waals surface area contributed by atoms with Gasteiger partial charge in [0.2, 0.25) is 0 Å². The van der Waals surface area contributed by atoms with Gasteiger partial charge >= 0.3 is 0 Å². The van der Waals surface area contributed by atoms with E-state index in [9.17, 15) is 0 Å². The number of benzene rings is 2. The molecule has 1 aromatic heterocycles. The Morgan fingerprint density at radius 3 is 2.75 bits per heavy atom. The van der Waals surface area contributed by atoms with Crippen molar-refractivity contribution in [2.45, 2.75) is 13.5 Å². The smallest absolute Gasteiger partial charge is 0.0487 e. The number of halogens is 1. The summed E-state index contributed by atoms with van der Waals surface area (Å²) in [6.07, 6.45) is 2.06. The van der Waals surface area contributed by atoms with Gasteiger partial charge in [-0.05, 0) is 42.8 Å². The Hall–Kier alpha value is -1.77. The minimum atomic E-state index is 0.798. The van der Waals surface area contributed by atoms with E-state index in [1.54, 1.807) is 0 Å². The van der Waals surface area contributed by atoms with Crippen molar-refractivity contribution in [3.05, 3.63) is 58.7 Å². The third-order valence-corrected chi connectivity index (χ3v) is 3.88. The van der Waals surface area contributed by atoms with Crippen LogP contribution in [0.15, 0.2) is 42.6 Å². The molecular formula is C17H17ClN2. The predicted octanol–water partition coefficient (Wildman–Crippen LogP) is 4.52. The van der Waals surface area contributed by atoms with Crippen molar-refractivity contribution in [3.63, 3.8) is 0 Å². The van der Waals surface area contributed by atoms with Gasteiger partial charge in [-0.1, -0.05) is 35.9 Å². The molecule has 2 aromatic carbocycles. The lowest BCUT2D eigenvalue weighted by atomic mass is 10.0. The molecule has 2 N–H and O–H groups in total. The molecule has 0 saturated heterocycles. The molecule has 3 rings (SSSR count). The molecule has 0 bridgehead atoms. The first-order valence-electron chi connectivity index (χ1n) is 6.70. The molecule has 0 spiro atoms. The zero-order valence-corrected chi connectivity index (χ0v) is 12.4. The molecule has 0 radical (unpaired) electrons. The van der Waals surface area contributed by atoms with Crippen LogP contribution in [0.3, 0.4) is 0 Å². The van der Waals surface area contributed by atoms with Crippen LogP contribution in [0.5, 0.6) is 0 Å². The van der Waals surface area contributed by atoms with E-state index >= 15 is 0 Å². The van der Waals surface area contributed by atoms with Gasteiger partial charge in [0.15, 0.2) is 0 Å². The minimum Gasteiger partial charge on any atom is -0.361 e. The van der Waals surface area contributed by atoms with E-state index < -0.39 is 0 Å². The topological polar surface area (TPSA) is 27.8 Å². The van der Waals surface area contributed by atoms with Crippen molar-refractivity contribution in [2.75, 3.05) is 7.05 Å². The van der Waals surface area contributed by atoms with Crippen molar-refractivity contribution in [1.82, 2.24) is 10.3 Å². The molecule has 0 aliphatic heterocycles. The first-order valence-corrected chi connectivity index (χ1v) is 7.08. The van der Waals surface area contributed by atoms with E-state index in [0.29, 0.717) is 0 Å². The van der Waals surface area contributed by atoms with Crippen LogP contribution in [0.25, 0.3) is 22.0 Å². The molecule has 0 amide bonds. The number of nitrogens with one attached hydrogen (secondary N) is 2. The van der Waals surface area contributed by atoms with Gasteiger partial charge in [-0.25, -0.2) is 0 Å². The van der Waals surface area contributed by atoms with E-state index in [4.69, 9.17) is 11.6 Å². The van der Waals surface area contributed by atoms with Crippen LogP contribution in [-0.4, -0.2) is 12.0 Å². The quantitative estimate of drug-likeness (QED) is 0.727. The van der Waals surface area contributed by atoms with Gasteiger partial charge in [-0.15, -0.1) is 0 Å². The van der Waals surface area contributed by atoms with Gasteiger partial charge in [0.25, 0.3) is 0 Å². The largest absolute Gasteiger partial charge is 0.361 e. The normalized spacial score (nSPS) is 11.2. The number of aromatic nitrogens is 1. The molecule has 0 unspecified atom stereocenters. The second-order valence-corrected chi connectivity index (χ2v) is 5.50. The fourth-order valence-corrected chi connectivity index (χ4v) is 2.89. The van der Waals surface area contributed by atoms with E-state index in [1.807, 2.05) is 20.0 Å². The average Bonchev–Trinajstić information content (AvgIpc) is 2.82. The van der Waals surface area contributed by atoms with E-state index in [1.165, 1.54) is 16.5 Å². The number of fused-ring (bicyclic) bond motifs is 1. The number of rotatable bonds is 3. The van der Waals surface area contributed by atoms with Crippen LogP contribution in [0.2, 0.25) is 5.02 Å². The molecule has 0 aliphatic rings. The molecule has 1 heterocycles. The van der Waals surface area contributed by atoms with Gasteiger partial charge < -0.3 is 10.3 Å². The Morgan fingerprint density at radius 1 is 1.15 bits per heavy atom. The minimum absolute atomic E-state index is 0.798. The highest BCUT2D eigenvalue weighted by Crippen LogP contribution is 2.31.